The Morgan fingerprint density at radius 2 is 1.84 bits per heavy atom. The molecule has 0 saturated heterocycles. The zero-order chi connectivity index (χ0) is 17.8. The normalized spacial score (nSPS) is 14.5. The lowest BCUT2D eigenvalue weighted by Crippen LogP contribution is -2.32. The molecule has 1 amide bonds. The van der Waals surface area contributed by atoms with Gasteiger partial charge in [0.2, 0.25) is 0 Å². The molecule has 0 heterocycles. The first-order valence-corrected chi connectivity index (χ1v) is 8.61. The number of amides is 1. The van der Waals surface area contributed by atoms with E-state index in [1.807, 2.05) is 19.1 Å². The zero-order valence-corrected chi connectivity index (χ0v) is 14.1. The zero-order valence-electron chi connectivity index (χ0n) is 14.1. The molecule has 0 aliphatic heterocycles. The van der Waals surface area contributed by atoms with Gasteiger partial charge < -0.3 is 10.1 Å². The Balaban J connectivity index is 1.69. The minimum Gasteiger partial charge on any atom is -0.481 e. The van der Waals surface area contributed by atoms with Gasteiger partial charge in [0, 0.05) is 11.8 Å². The van der Waals surface area contributed by atoms with Crippen LogP contribution in [0, 0.1) is 11.6 Å². The molecule has 132 valence electrons. The van der Waals surface area contributed by atoms with Crippen LogP contribution in [0.15, 0.2) is 36.4 Å². The highest BCUT2D eigenvalue weighted by molar-refractivity contribution is 5.94. The van der Waals surface area contributed by atoms with E-state index in [-0.39, 0.29) is 11.6 Å². The van der Waals surface area contributed by atoms with Gasteiger partial charge >= 0.3 is 0 Å². The van der Waals surface area contributed by atoms with E-state index in [1.165, 1.54) is 30.0 Å². The van der Waals surface area contributed by atoms with Gasteiger partial charge in [-0.1, -0.05) is 13.0 Å². The van der Waals surface area contributed by atoms with Crippen molar-refractivity contribution in [2.24, 2.45) is 0 Å². The Hall–Kier alpha value is -2.43. The number of carbonyl (C=O) groups excluding carboxylic acids is 1. The van der Waals surface area contributed by atoms with E-state index in [0.29, 0.717) is 12.2 Å². The van der Waals surface area contributed by atoms with Gasteiger partial charge in [0.25, 0.3) is 5.91 Å². The standard InChI is InChI=1S/C20H21F2NO2/c1-2-19(20(24)23-15-8-10-17(21)18(22)12-15)25-16-9-7-13-5-3-4-6-14(13)11-16/h7-12,19H,2-6H2,1H3,(H,23,24)/t19-/m0/s1. The SMILES string of the molecule is CC[C@H](Oc1ccc2c(c1)CCCC2)C(=O)Nc1ccc(F)c(F)c1. The summed E-state index contributed by atoms with van der Waals surface area (Å²) in [7, 11) is 0. The van der Waals surface area contributed by atoms with Crippen molar-refractivity contribution in [3.63, 3.8) is 0 Å². The van der Waals surface area contributed by atoms with Crippen LogP contribution in [-0.4, -0.2) is 12.0 Å². The molecule has 1 N–H and O–H groups in total. The summed E-state index contributed by atoms with van der Waals surface area (Å²) in [5.74, 6) is -1.67. The van der Waals surface area contributed by atoms with Crippen LogP contribution < -0.4 is 10.1 Å². The number of nitrogens with one attached hydrogen (secondary N) is 1. The molecule has 3 nitrogen and oxygen atoms in total. The number of hydrogen-bond acceptors (Lipinski definition) is 2. The molecule has 0 unspecified atom stereocenters. The fourth-order valence-corrected chi connectivity index (χ4v) is 3.07. The number of hydrogen-bond donors (Lipinski definition) is 1. The van der Waals surface area contributed by atoms with Gasteiger partial charge in [-0.2, -0.15) is 0 Å². The lowest BCUT2D eigenvalue weighted by Gasteiger charge is -2.20. The van der Waals surface area contributed by atoms with E-state index < -0.39 is 17.7 Å². The molecule has 1 aliphatic rings. The van der Waals surface area contributed by atoms with Crippen molar-refractivity contribution in [3.8, 4) is 5.75 Å². The Bertz CT molecular complexity index is 776. The molecule has 0 radical (unpaired) electrons. The fraction of sp³-hybridized carbons (Fsp3) is 0.350. The molecule has 0 bridgehead atoms. The van der Waals surface area contributed by atoms with Crippen molar-refractivity contribution in [2.75, 3.05) is 5.32 Å². The van der Waals surface area contributed by atoms with Gasteiger partial charge in [-0.05, 0) is 67.5 Å². The van der Waals surface area contributed by atoms with Crippen LogP contribution in [0.4, 0.5) is 14.5 Å². The van der Waals surface area contributed by atoms with Gasteiger partial charge in [0.1, 0.15) is 5.75 Å². The average molecular weight is 345 g/mol. The van der Waals surface area contributed by atoms with Crippen LogP contribution in [0.2, 0.25) is 0 Å². The Morgan fingerprint density at radius 1 is 1.08 bits per heavy atom. The highest BCUT2D eigenvalue weighted by Gasteiger charge is 2.20. The van der Waals surface area contributed by atoms with Gasteiger partial charge in [-0.3, -0.25) is 4.79 Å². The van der Waals surface area contributed by atoms with E-state index in [9.17, 15) is 13.6 Å². The Labute approximate surface area is 146 Å². The first kappa shape index (κ1) is 17.4. The monoisotopic (exact) mass is 345 g/mol. The lowest BCUT2D eigenvalue weighted by molar-refractivity contribution is -0.122. The second-order valence-corrected chi connectivity index (χ2v) is 6.27. The molecule has 1 atom stereocenters. The third-order valence-electron chi connectivity index (χ3n) is 4.45. The Kier molecular flexibility index (Phi) is 5.31. The quantitative estimate of drug-likeness (QED) is 0.857. The van der Waals surface area contributed by atoms with E-state index in [4.69, 9.17) is 4.74 Å². The molecule has 2 aromatic carbocycles. The summed E-state index contributed by atoms with van der Waals surface area (Å²) in [6.45, 7) is 1.84. The summed E-state index contributed by atoms with van der Waals surface area (Å²) in [4.78, 5) is 12.4. The number of ether oxygens (including phenoxy) is 1. The molecular formula is C20H21F2NO2. The van der Waals surface area contributed by atoms with Crippen molar-refractivity contribution in [2.45, 2.75) is 45.1 Å². The highest BCUT2D eigenvalue weighted by atomic mass is 19.2. The van der Waals surface area contributed by atoms with Crippen molar-refractivity contribution in [1.82, 2.24) is 0 Å². The van der Waals surface area contributed by atoms with Gasteiger partial charge in [-0.25, -0.2) is 8.78 Å². The minimum absolute atomic E-state index is 0.205. The molecule has 0 spiro atoms. The molecule has 1 aliphatic carbocycles. The number of aryl methyl sites for hydroxylation is 2. The number of halogens is 2. The minimum atomic E-state index is -0.999. The van der Waals surface area contributed by atoms with Crippen molar-refractivity contribution >= 4 is 11.6 Å². The summed E-state index contributed by atoms with van der Waals surface area (Å²) in [6, 6.07) is 9.21. The molecule has 2 aromatic rings. The third-order valence-corrected chi connectivity index (χ3v) is 4.45. The summed E-state index contributed by atoms with van der Waals surface area (Å²) < 4.78 is 32.1. The molecule has 0 fully saturated rings. The maximum absolute atomic E-state index is 13.3. The van der Waals surface area contributed by atoms with Crippen LogP contribution in [0.25, 0.3) is 0 Å². The molecule has 0 aromatic heterocycles. The number of fused-ring (bicyclic) bond motifs is 1. The van der Waals surface area contributed by atoms with E-state index in [1.54, 1.807) is 0 Å². The van der Waals surface area contributed by atoms with Crippen LogP contribution >= 0.6 is 0 Å². The highest BCUT2D eigenvalue weighted by Crippen LogP contribution is 2.26. The predicted molar refractivity (Wildman–Crippen MR) is 92.8 cm³/mol. The van der Waals surface area contributed by atoms with E-state index in [0.717, 1.165) is 25.0 Å². The number of carbonyl (C=O) groups is 1. The number of anilines is 1. The number of benzene rings is 2. The molecule has 3 rings (SSSR count). The second kappa shape index (κ2) is 7.64. The Morgan fingerprint density at radius 3 is 2.56 bits per heavy atom. The van der Waals surface area contributed by atoms with Gasteiger partial charge in [-0.15, -0.1) is 0 Å². The smallest absolute Gasteiger partial charge is 0.265 e. The van der Waals surface area contributed by atoms with Gasteiger partial charge in [0.05, 0.1) is 0 Å². The largest absolute Gasteiger partial charge is 0.481 e. The first-order valence-electron chi connectivity index (χ1n) is 8.61. The molecule has 25 heavy (non-hydrogen) atoms. The average Bonchev–Trinajstić information content (AvgIpc) is 2.62. The predicted octanol–water partition coefficient (Wildman–Crippen LogP) is 4.64. The maximum atomic E-state index is 13.3. The van der Waals surface area contributed by atoms with E-state index >= 15 is 0 Å². The third kappa shape index (κ3) is 4.16. The van der Waals surface area contributed by atoms with Crippen molar-refractivity contribution in [1.29, 1.82) is 0 Å². The fourth-order valence-electron chi connectivity index (χ4n) is 3.07. The summed E-state index contributed by atoms with van der Waals surface area (Å²) >= 11 is 0. The lowest BCUT2D eigenvalue weighted by atomic mass is 9.92. The summed E-state index contributed by atoms with van der Waals surface area (Å²) in [5, 5.41) is 2.57. The molecule has 5 heteroatoms. The molecule has 0 saturated carbocycles. The van der Waals surface area contributed by atoms with Crippen LogP contribution in [0.5, 0.6) is 5.75 Å². The number of rotatable bonds is 5. The van der Waals surface area contributed by atoms with Crippen LogP contribution in [-0.2, 0) is 17.6 Å². The van der Waals surface area contributed by atoms with Crippen LogP contribution in [0.3, 0.4) is 0 Å². The van der Waals surface area contributed by atoms with E-state index in [2.05, 4.69) is 11.4 Å². The molecular weight excluding hydrogens is 324 g/mol. The topological polar surface area (TPSA) is 38.3 Å². The van der Waals surface area contributed by atoms with Gasteiger partial charge in [0.15, 0.2) is 17.7 Å². The van der Waals surface area contributed by atoms with Crippen molar-refractivity contribution in [3.05, 3.63) is 59.2 Å². The summed E-state index contributed by atoms with van der Waals surface area (Å²) in [5.41, 5.74) is 2.83. The second-order valence-electron chi connectivity index (χ2n) is 6.27. The van der Waals surface area contributed by atoms with Crippen LogP contribution in [0.1, 0.15) is 37.3 Å². The maximum Gasteiger partial charge on any atom is 0.265 e. The first-order chi connectivity index (χ1) is 12.1. The summed E-state index contributed by atoms with van der Waals surface area (Å²) in [6.07, 6.45) is 4.27. The van der Waals surface area contributed by atoms with Crippen molar-refractivity contribution < 1.29 is 18.3 Å².